The first kappa shape index (κ1) is 13.7. The Kier molecular flexibility index (Phi) is 4.95. The van der Waals surface area contributed by atoms with Crippen molar-refractivity contribution in [2.24, 2.45) is 0 Å². The van der Waals surface area contributed by atoms with Crippen molar-refractivity contribution in [3.8, 4) is 0 Å². The quantitative estimate of drug-likeness (QED) is 0.897. The molecule has 0 radical (unpaired) electrons. The van der Waals surface area contributed by atoms with Gasteiger partial charge in [-0.2, -0.15) is 0 Å². The van der Waals surface area contributed by atoms with Gasteiger partial charge < -0.3 is 10.6 Å². The molecule has 1 aliphatic rings. The van der Waals surface area contributed by atoms with Gasteiger partial charge in [-0.25, -0.2) is 9.97 Å². The molecule has 1 aliphatic heterocycles. The molecule has 0 spiro atoms. The molecule has 0 aromatic carbocycles. The van der Waals surface area contributed by atoms with Crippen molar-refractivity contribution < 1.29 is 0 Å². The van der Waals surface area contributed by atoms with Gasteiger partial charge in [-0.3, -0.25) is 0 Å². The Balaban J connectivity index is 1.97. The van der Waals surface area contributed by atoms with Crippen molar-refractivity contribution in [2.75, 3.05) is 5.32 Å². The van der Waals surface area contributed by atoms with Crippen LogP contribution in [0.3, 0.4) is 0 Å². The van der Waals surface area contributed by atoms with E-state index in [9.17, 15) is 0 Å². The maximum Gasteiger partial charge on any atom is 0.222 e. The summed E-state index contributed by atoms with van der Waals surface area (Å²) in [5, 5.41) is 7.14. The summed E-state index contributed by atoms with van der Waals surface area (Å²) >= 11 is 3.35. The number of anilines is 1. The van der Waals surface area contributed by atoms with Gasteiger partial charge in [0.15, 0.2) is 0 Å². The average molecular weight is 313 g/mol. The monoisotopic (exact) mass is 312 g/mol. The van der Waals surface area contributed by atoms with Crippen LogP contribution in [0.2, 0.25) is 0 Å². The third kappa shape index (κ3) is 3.65. The second-order valence-electron chi connectivity index (χ2n) is 4.91. The molecular formula is C13H21BrN4. The lowest BCUT2D eigenvalue weighted by Gasteiger charge is -2.36. The molecule has 0 aliphatic carbocycles. The molecule has 2 N–H and O–H groups in total. The lowest BCUT2D eigenvalue weighted by atomic mass is 9.91. The third-order valence-electron chi connectivity index (χ3n) is 3.55. The highest BCUT2D eigenvalue weighted by Crippen LogP contribution is 2.20. The lowest BCUT2D eigenvalue weighted by molar-refractivity contribution is 0.289. The van der Waals surface area contributed by atoms with Gasteiger partial charge in [-0.1, -0.05) is 13.8 Å². The zero-order chi connectivity index (χ0) is 13.0. The molecule has 2 unspecified atom stereocenters. The SMILES string of the molecule is CCC1CC(Nc2ncc(Br)cn2)CC(CC)N1. The summed E-state index contributed by atoms with van der Waals surface area (Å²) in [4.78, 5) is 8.57. The normalized spacial score (nSPS) is 28.1. The van der Waals surface area contributed by atoms with Crippen molar-refractivity contribution >= 4 is 21.9 Å². The Labute approximate surface area is 117 Å². The second kappa shape index (κ2) is 6.48. The van der Waals surface area contributed by atoms with E-state index in [0.717, 1.165) is 23.3 Å². The van der Waals surface area contributed by atoms with Gasteiger partial charge in [0.25, 0.3) is 0 Å². The molecule has 1 aromatic rings. The molecule has 5 heteroatoms. The minimum atomic E-state index is 0.474. The van der Waals surface area contributed by atoms with Crippen LogP contribution in [0.15, 0.2) is 16.9 Å². The van der Waals surface area contributed by atoms with Crippen molar-refractivity contribution in [3.63, 3.8) is 0 Å². The molecule has 0 saturated carbocycles. The zero-order valence-corrected chi connectivity index (χ0v) is 12.6. The molecule has 0 bridgehead atoms. The molecule has 18 heavy (non-hydrogen) atoms. The van der Waals surface area contributed by atoms with E-state index >= 15 is 0 Å². The molecule has 2 rings (SSSR count). The van der Waals surface area contributed by atoms with E-state index in [1.165, 1.54) is 12.8 Å². The highest BCUT2D eigenvalue weighted by Gasteiger charge is 2.26. The molecule has 1 saturated heterocycles. The first-order valence-electron chi connectivity index (χ1n) is 6.71. The van der Waals surface area contributed by atoms with Gasteiger partial charge in [0.2, 0.25) is 5.95 Å². The van der Waals surface area contributed by atoms with E-state index < -0.39 is 0 Å². The molecule has 100 valence electrons. The minimum absolute atomic E-state index is 0.474. The molecule has 1 fully saturated rings. The Morgan fingerprint density at radius 2 is 1.78 bits per heavy atom. The fourth-order valence-electron chi connectivity index (χ4n) is 2.51. The Morgan fingerprint density at radius 1 is 1.22 bits per heavy atom. The van der Waals surface area contributed by atoms with Crippen molar-refractivity contribution in [3.05, 3.63) is 16.9 Å². The number of rotatable bonds is 4. The zero-order valence-electron chi connectivity index (χ0n) is 11.0. The fraction of sp³-hybridized carbons (Fsp3) is 0.692. The van der Waals surface area contributed by atoms with Crippen LogP contribution in [-0.2, 0) is 0 Å². The predicted molar refractivity (Wildman–Crippen MR) is 77.7 cm³/mol. The maximum atomic E-state index is 4.28. The van der Waals surface area contributed by atoms with Crippen LogP contribution >= 0.6 is 15.9 Å². The number of halogens is 1. The second-order valence-corrected chi connectivity index (χ2v) is 5.83. The Morgan fingerprint density at radius 3 is 2.28 bits per heavy atom. The molecule has 4 nitrogen and oxygen atoms in total. The van der Waals surface area contributed by atoms with E-state index in [4.69, 9.17) is 0 Å². The summed E-state index contributed by atoms with van der Waals surface area (Å²) in [6, 6.07) is 1.69. The largest absolute Gasteiger partial charge is 0.351 e. The Bertz CT molecular complexity index is 356. The van der Waals surface area contributed by atoms with Gasteiger partial charge in [-0.15, -0.1) is 0 Å². The highest BCUT2D eigenvalue weighted by molar-refractivity contribution is 9.10. The van der Waals surface area contributed by atoms with Crippen molar-refractivity contribution in [2.45, 2.75) is 57.7 Å². The van der Waals surface area contributed by atoms with Crippen LogP contribution in [0.1, 0.15) is 39.5 Å². The minimum Gasteiger partial charge on any atom is -0.351 e. The number of hydrogen-bond acceptors (Lipinski definition) is 4. The number of piperidine rings is 1. The van der Waals surface area contributed by atoms with Gasteiger partial charge in [-0.05, 0) is 41.6 Å². The van der Waals surface area contributed by atoms with Crippen LogP contribution < -0.4 is 10.6 Å². The van der Waals surface area contributed by atoms with E-state index in [0.29, 0.717) is 18.1 Å². The standard InChI is InChI=1S/C13H21BrN4/c1-3-10-5-12(6-11(4-2)17-10)18-13-15-7-9(14)8-16-13/h7-8,10-12,17H,3-6H2,1-2H3,(H,15,16,18). The molecule has 0 amide bonds. The summed E-state index contributed by atoms with van der Waals surface area (Å²) < 4.78 is 0.913. The van der Waals surface area contributed by atoms with Crippen LogP contribution in [0, 0.1) is 0 Å². The first-order valence-corrected chi connectivity index (χ1v) is 7.50. The topological polar surface area (TPSA) is 49.8 Å². The van der Waals surface area contributed by atoms with Gasteiger partial charge in [0.05, 0.1) is 4.47 Å². The van der Waals surface area contributed by atoms with Crippen LogP contribution in [0.5, 0.6) is 0 Å². The summed E-state index contributed by atoms with van der Waals surface area (Å²) in [5.41, 5.74) is 0. The summed E-state index contributed by atoms with van der Waals surface area (Å²) in [6.45, 7) is 4.48. The van der Waals surface area contributed by atoms with Crippen LogP contribution in [-0.4, -0.2) is 28.1 Å². The summed E-state index contributed by atoms with van der Waals surface area (Å²) in [7, 11) is 0. The third-order valence-corrected chi connectivity index (χ3v) is 3.96. The number of hydrogen-bond donors (Lipinski definition) is 2. The average Bonchev–Trinajstić information content (AvgIpc) is 2.41. The highest BCUT2D eigenvalue weighted by atomic mass is 79.9. The van der Waals surface area contributed by atoms with Gasteiger partial charge >= 0.3 is 0 Å². The fourth-order valence-corrected chi connectivity index (χ4v) is 2.71. The maximum absolute atomic E-state index is 4.28. The van der Waals surface area contributed by atoms with E-state index in [2.05, 4.69) is 50.4 Å². The molecular weight excluding hydrogens is 292 g/mol. The van der Waals surface area contributed by atoms with Gasteiger partial charge in [0.1, 0.15) is 0 Å². The smallest absolute Gasteiger partial charge is 0.222 e. The molecule has 2 atom stereocenters. The van der Waals surface area contributed by atoms with Crippen molar-refractivity contribution in [1.82, 2.24) is 15.3 Å². The summed E-state index contributed by atoms with van der Waals surface area (Å²) in [6.07, 6.45) is 8.21. The van der Waals surface area contributed by atoms with E-state index in [-0.39, 0.29) is 0 Å². The lowest BCUT2D eigenvalue weighted by Crippen LogP contribution is -2.49. The van der Waals surface area contributed by atoms with Crippen LogP contribution in [0.25, 0.3) is 0 Å². The molecule has 1 aromatic heterocycles. The first-order chi connectivity index (χ1) is 8.71. The van der Waals surface area contributed by atoms with E-state index in [1.54, 1.807) is 12.4 Å². The molecule has 2 heterocycles. The Hall–Kier alpha value is -0.680. The number of nitrogens with one attached hydrogen (secondary N) is 2. The van der Waals surface area contributed by atoms with Gasteiger partial charge in [0, 0.05) is 30.5 Å². The van der Waals surface area contributed by atoms with Crippen LogP contribution in [0.4, 0.5) is 5.95 Å². The van der Waals surface area contributed by atoms with E-state index in [1.807, 2.05) is 0 Å². The number of nitrogens with zero attached hydrogens (tertiary/aromatic N) is 2. The number of aromatic nitrogens is 2. The predicted octanol–water partition coefficient (Wildman–Crippen LogP) is 2.96. The van der Waals surface area contributed by atoms with Crippen molar-refractivity contribution in [1.29, 1.82) is 0 Å². The summed E-state index contributed by atoms with van der Waals surface area (Å²) in [5.74, 6) is 0.731.